The van der Waals surface area contributed by atoms with E-state index in [1.54, 1.807) is 4.90 Å². The van der Waals surface area contributed by atoms with Crippen LogP contribution in [-0.4, -0.2) is 68.8 Å². The minimum Gasteiger partial charge on any atom is -0.356 e. The van der Waals surface area contributed by atoms with Gasteiger partial charge in [-0.05, 0) is 30.7 Å². The zero-order valence-electron chi connectivity index (χ0n) is 15.3. The van der Waals surface area contributed by atoms with E-state index in [-0.39, 0.29) is 42.9 Å². The zero-order valence-corrected chi connectivity index (χ0v) is 16.9. The van der Waals surface area contributed by atoms with Gasteiger partial charge in [-0.3, -0.25) is 4.79 Å². The van der Waals surface area contributed by atoms with E-state index in [2.05, 4.69) is 10.6 Å². The number of carbonyl (C=O) groups is 2. The van der Waals surface area contributed by atoms with Crippen LogP contribution in [0, 0.1) is 0 Å². The van der Waals surface area contributed by atoms with E-state index in [1.165, 1.54) is 28.6 Å². The van der Waals surface area contributed by atoms with Gasteiger partial charge in [0.2, 0.25) is 15.9 Å². The minimum absolute atomic E-state index is 0.101. The number of halogens is 1. The Balaban J connectivity index is 1.79. The maximum absolute atomic E-state index is 12.6. The van der Waals surface area contributed by atoms with Crippen LogP contribution >= 0.6 is 11.6 Å². The van der Waals surface area contributed by atoms with Crippen molar-refractivity contribution in [1.29, 1.82) is 0 Å². The quantitative estimate of drug-likeness (QED) is 0.699. The lowest BCUT2D eigenvalue weighted by Crippen LogP contribution is -2.53. The number of amides is 3. The van der Waals surface area contributed by atoms with E-state index in [0.29, 0.717) is 24.7 Å². The second-order valence-corrected chi connectivity index (χ2v) is 8.55. The molecule has 0 aliphatic carbocycles. The van der Waals surface area contributed by atoms with Gasteiger partial charge in [-0.2, -0.15) is 4.31 Å². The summed E-state index contributed by atoms with van der Waals surface area (Å²) in [6.45, 7) is 3.86. The Morgan fingerprint density at radius 2 is 1.67 bits per heavy atom. The Bertz CT molecular complexity index is 747. The molecule has 1 fully saturated rings. The largest absolute Gasteiger partial charge is 0.356 e. The van der Waals surface area contributed by atoms with Crippen molar-refractivity contribution in [2.75, 3.05) is 39.3 Å². The average molecular weight is 417 g/mol. The van der Waals surface area contributed by atoms with E-state index >= 15 is 0 Å². The molecule has 1 aliphatic rings. The molecule has 8 nitrogen and oxygen atoms in total. The van der Waals surface area contributed by atoms with Crippen LogP contribution in [0.5, 0.6) is 0 Å². The summed E-state index contributed by atoms with van der Waals surface area (Å²) in [5.41, 5.74) is 0. The van der Waals surface area contributed by atoms with Crippen LogP contribution in [-0.2, 0) is 14.8 Å². The normalized spacial score (nSPS) is 15.4. The number of piperazine rings is 1. The molecule has 0 radical (unpaired) electrons. The van der Waals surface area contributed by atoms with Crippen molar-refractivity contribution in [3.05, 3.63) is 29.3 Å². The first-order valence-corrected chi connectivity index (χ1v) is 10.7. The molecule has 1 aliphatic heterocycles. The molecule has 150 valence electrons. The molecule has 0 saturated carbocycles. The highest BCUT2D eigenvalue weighted by molar-refractivity contribution is 7.89. The molecule has 10 heteroatoms. The van der Waals surface area contributed by atoms with Gasteiger partial charge in [-0.25, -0.2) is 13.2 Å². The molecule has 27 heavy (non-hydrogen) atoms. The summed E-state index contributed by atoms with van der Waals surface area (Å²) in [5.74, 6) is -0.101. The predicted octanol–water partition coefficient (Wildman–Crippen LogP) is 1.27. The molecular weight excluding hydrogens is 392 g/mol. The number of urea groups is 1. The van der Waals surface area contributed by atoms with Crippen LogP contribution in [0.3, 0.4) is 0 Å². The van der Waals surface area contributed by atoms with Crippen LogP contribution in [0.2, 0.25) is 5.02 Å². The van der Waals surface area contributed by atoms with Crippen molar-refractivity contribution in [3.8, 4) is 0 Å². The molecule has 0 unspecified atom stereocenters. The van der Waals surface area contributed by atoms with Crippen molar-refractivity contribution < 1.29 is 18.0 Å². The third kappa shape index (κ3) is 6.08. The maximum Gasteiger partial charge on any atom is 0.317 e. The third-order valence-electron chi connectivity index (χ3n) is 4.18. The highest BCUT2D eigenvalue weighted by Gasteiger charge is 2.30. The Hall–Kier alpha value is -1.84. The molecule has 1 aromatic rings. The molecule has 2 rings (SSSR count). The number of hydrogen-bond donors (Lipinski definition) is 2. The van der Waals surface area contributed by atoms with E-state index in [0.717, 1.165) is 6.42 Å². The predicted molar refractivity (Wildman–Crippen MR) is 103 cm³/mol. The Kier molecular flexibility index (Phi) is 7.88. The number of nitrogens with zero attached hydrogens (tertiary/aromatic N) is 2. The fourth-order valence-corrected chi connectivity index (χ4v) is 4.18. The second kappa shape index (κ2) is 9.91. The van der Waals surface area contributed by atoms with E-state index in [1.807, 2.05) is 6.92 Å². The highest BCUT2D eigenvalue weighted by atomic mass is 35.5. The first kappa shape index (κ1) is 21.5. The second-order valence-electron chi connectivity index (χ2n) is 6.18. The summed E-state index contributed by atoms with van der Waals surface area (Å²) in [5, 5.41) is 5.91. The highest BCUT2D eigenvalue weighted by Crippen LogP contribution is 2.19. The van der Waals surface area contributed by atoms with E-state index in [9.17, 15) is 18.0 Å². The lowest BCUT2D eigenvalue weighted by molar-refractivity contribution is -0.120. The number of carbonyl (C=O) groups excluding carboxylic acids is 2. The third-order valence-corrected chi connectivity index (χ3v) is 6.34. The number of nitrogens with one attached hydrogen (secondary N) is 2. The van der Waals surface area contributed by atoms with Gasteiger partial charge in [-0.1, -0.05) is 18.5 Å². The average Bonchev–Trinajstić information content (AvgIpc) is 2.66. The van der Waals surface area contributed by atoms with Gasteiger partial charge in [0.05, 0.1) is 4.90 Å². The van der Waals surface area contributed by atoms with Gasteiger partial charge in [0.15, 0.2) is 0 Å². The van der Waals surface area contributed by atoms with Gasteiger partial charge in [0.1, 0.15) is 0 Å². The maximum atomic E-state index is 12.6. The van der Waals surface area contributed by atoms with Crippen molar-refractivity contribution >= 4 is 33.6 Å². The summed E-state index contributed by atoms with van der Waals surface area (Å²) in [6, 6.07) is 5.73. The molecule has 3 amide bonds. The summed E-state index contributed by atoms with van der Waals surface area (Å²) >= 11 is 5.80. The van der Waals surface area contributed by atoms with E-state index in [4.69, 9.17) is 11.6 Å². The lowest BCUT2D eigenvalue weighted by atomic mass is 10.3. The molecule has 1 saturated heterocycles. The summed E-state index contributed by atoms with van der Waals surface area (Å²) in [4.78, 5) is 25.4. The smallest absolute Gasteiger partial charge is 0.317 e. The molecular formula is C17H25ClN4O4S. The Morgan fingerprint density at radius 1 is 1.04 bits per heavy atom. The molecule has 0 bridgehead atoms. The molecule has 1 heterocycles. The van der Waals surface area contributed by atoms with Crippen LogP contribution in [0.25, 0.3) is 0 Å². The fraction of sp³-hybridized carbons (Fsp3) is 0.529. The first-order chi connectivity index (χ1) is 12.8. The summed E-state index contributed by atoms with van der Waals surface area (Å²) in [7, 11) is -3.60. The minimum atomic E-state index is -3.60. The van der Waals surface area contributed by atoms with Gasteiger partial charge >= 0.3 is 6.03 Å². The molecule has 1 aromatic carbocycles. The van der Waals surface area contributed by atoms with Crippen molar-refractivity contribution in [2.24, 2.45) is 0 Å². The topological polar surface area (TPSA) is 98.8 Å². The SMILES string of the molecule is CCCNC(=O)CCNC(=O)N1CCN(S(=O)(=O)c2ccc(Cl)cc2)CC1. The van der Waals surface area contributed by atoms with Crippen molar-refractivity contribution in [2.45, 2.75) is 24.7 Å². The van der Waals surface area contributed by atoms with Gasteiger partial charge < -0.3 is 15.5 Å². The van der Waals surface area contributed by atoms with E-state index < -0.39 is 10.0 Å². The van der Waals surface area contributed by atoms with Crippen LogP contribution in [0.4, 0.5) is 4.79 Å². The summed E-state index contributed by atoms with van der Waals surface area (Å²) in [6.07, 6.45) is 1.08. The van der Waals surface area contributed by atoms with Crippen molar-refractivity contribution in [3.63, 3.8) is 0 Å². The number of hydrogen-bond acceptors (Lipinski definition) is 4. The molecule has 0 atom stereocenters. The monoisotopic (exact) mass is 416 g/mol. The molecule has 2 N–H and O–H groups in total. The Labute approximate surface area is 164 Å². The van der Waals surface area contributed by atoms with Crippen LogP contribution in [0.1, 0.15) is 19.8 Å². The number of sulfonamides is 1. The summed E-state index contributed by atoms with van der Waals surface area (Å²) < 4.78 is 26.6. The van der Waals surface area contributed by atoms with Crippen molar-refractivity contribution in [1.82, 2.24) is 19.8 Å². The van der Waals surface area contributed by atoms with Crippen LogP contribution < -0.4 is 10.6 Å². The molecule has 0 spiro atoms. The zero-order chi connectivity index (χ0) is 19.9. The lowest BCUT2D eigenvalue weighted by Gasteiger charge is -2.34. The fourth-order valence-electron chi connectivity index (χ4n) is 2.63. The van der Waals surface area contributed by atoms with Crippen LogP contribution in [0.15, 0.2) is 29.2 Å². The van der Waals surface area contributed by atoms with Gasteiger partial charge in [0, 0.05) is 50.7 Å². The number of rotatable bonds is 7. The van der Waals surface area contributed by atoms with Gasteiger partial charge in [-0.15, -0.1) is 0 Å². The Morgan fingerprint density at radius 3 is 2.26 bits per heavy atom. The number of benzene rings is 1. The standard InChI is InChI=1S/C17H25ClN4O4S/c1-2-8-19-16(23)7-9-20-17(24)21-10-12-22(13-11-21)27(25,26)15-5-3-14(18)4-6-15/h3-6H,2,7-13H2,1H3,(H,19,23)(H,20,24). The molecule has 0 aromatic heterocycles. The first-order valence-electron chi connectivity index (χ1n) is 8.89. The van der Waals surface area contributed by atoms with Gasteiger partial charge in [0.25, 0.3) is 0 Å².